The van der Waals surface area contributed by atoms with Gasteiger partial charge in [-0.1, -0.05) is 0 Å². The summed E-state index contributed by atoms with van der Waals surface area (Å²) in [4.78, 5) is 18.3. The summed E-state index contributed by atoms with van der Waals surface area (Å²) in [5.41, 5.74) is 0.104. The zero-order valence-corrected chi connectivity index (χ0v) is 8.59. The van der Waals surface area contributed by atoms with E-state index in [0.717, 1.165) is 6.07 Å². The van der Waals surface area contributed by atoms with Crippen molar-refractivity contribution < 1.29 is 14.3 Å². The topological polar surface area (TPSA) is 75.1 Å². The van der Waals surface area contributed by atoms with E-state index < -0.39 is 17.3 Å². The van der Waals surface area contributed by atoms with Gasteiger partial charge >= 0.3 is 5.97 Å². The van der Waals surface area contributed by atoms with Crippen molar-refractivity contribution in [2.75, 3.05) is 5.32 Å². The monoisotopic (exact) mass is 233 g/mol. The van der Waals surface area contributed by atoms with Crippen LogP contribution in [0.15, 0.2) is 36.8 Å². The number of rotatable bonds is 3. The van der Waals surface area contributed by atoms with E-state index >= 15 is 0 Å². The number of carboxylic acids is 1. The molecule has 0 amide bonds. The standard InChI is InChI=1S/C11H8FN3O2/c12-9-8(11(16)17)3-5-14-10(9)15-7-2-1-4-13-6-7/h1-6H,(H,14,15)(H,16,17). The lowest BCUT2D eigenvalue weighted by atomic mass is 10.2. The average Bonchev–Trinajstić information content (AvgIpc) is 2.33. The lowest BCUT2D eigenvalue weighted by molar-refractivity contribution is 0.0692. The summed E-state index contributed by atoms with van der Waals surface area (Å²) in [5.74, 6) is -2.37. The molecule has 0 fully saturated rings. The minimum absolute atomic E-state index is 0.141. The van der Waals surface area contributed by atoms with Crippen LogP contribution in [0.25, 0.3) is 0 Å². The molecule has 0 radical (unpaired) electrons. The first-order valence-corrected chi connectivity index (χ1v) is 4.73. The number of aromatic nitrogens is 2. The summed E-state index contributed by atoms with van der Waals surface area (Å²) in [6.45, 7) is 0. The third kappa shape index (κ3) is 2.36. The molecule has 17 heavy (non-hydrogen) atoms. The molecule has 2 rings (SSSR count). The molecule has 0 atom stereocenters. The van der Waals surface area contributed by atoms with E-state index in [0.29, 0.717) is 5.69 Å². The predicted molar refractivity (Wildman–Crippen MR) is 58.7 cm³/mol. The quantitative estimate of drug-likeness (QED) is 0.848. The van der Waals surface area contributed by atoms with Crippen LogP contribution in [0.3, 0.4) is 0 Å². The van der Waals surface area contributed by atoms with Gasteiger partial charge in [-0.3, -0.25) is 4.98 Å². The average molecular weight is 233 g/mol. The van der Waals surface area contributed by atoms with Gasteiger partial charge in [0, 0.05) is 12.4 Å². The summed E-state index contributed by atoms with van der Waals surface area (Å²) < 4.78 is 13.7. The first-order valence-electron chi connectivity index (χ1n) is 4.73. The van der Waals surface area contributed by atoms with Gasteiger partial charge in [-0.2, -0.15) is 0 Å². The molecular formula is C11H8FN3O2. The minimum atomic E-state index is -1.33. The van der Waals surface area contributed by atoms with Crippen LogP contribution < -0.4 is 5.32 Å². The van der Waals surface area contributed by atoms with Gasteiger partial charge in [-0.25, -0.2) is 14.2 Å². The molecule has 0 aliphatic carbocycles. The Labute approximate surface area is 96.0 Å². The highest BCUT2D eigenvalue weighted by atomic mass is 19.1. The third-order valence-corrected chi connectivity index (χ3v) is 2.04. The van der Waals surface area contributed by atoms with Crippen LogP contribution >= 0.6 is 0 Å². The molecule has 86 valence electrons. The predicted octanol–water partition coefficient (Wildman–Crippen LogP) is 2.06. The van der Waals surface area contributed by atoms with Crippen LogP contribution in [0.1, 0.15) is 10.4 Å². The molecule has 2 aromatic rings. The summed E-state index contributed by atoms with van der Waals surface area (Å²) in [6, 6.07) is 4.44. The van der Waals surface area contributed by atoms with Crippen molar-refractivity contribution in [3.8, 4) is 0 Å². The molecule has 2 heterocycles. The van der Waals surface area contributed by atoms with Crippen molar-refractivity contribution >= 4 is 17.5 Å². The van der Waals surface area contributed by atoms with Crippen LogP contribution in [0.4, 0.5) is 15.9 Å². The lowest BCUT2D eigenvalue weighted by Gasteiger charge is -2.06. The number of hydrogen-bond donors (Lipinski definition) is 2. The van der Waals surface area contributed by atoms with Crippen LogP contribution in [-0.4, -0.2) is 21.0 Å². The maximum absolute atomic E-state index is 13.7. The number of carbonyl (C=O) groups is 1. The highest BCUT2D eigenvalue weighted by Gasteiger charge is 2.14. The van der Waals surface area contributed by atoms with E-state index in [9.17, 15) is 9.18 Å². The van der Waals surface area contributed by atoms with Crippen LogP contribution in [0, 0.1) is 5.82 Å². The Morgan fingerprint density at radius 1 is 1.35 bits per heavy atom. The maximum atomic E-state index is 13.7. The van der Waals surface area contributed by atoms with Gasteiger partial charge < -0.3 is 10.4 Å². The van der Waals surface area contributed by atoms with Gasteiger partial charge in [0.05, 0.1) is 11.9 Å². The minimum Gasteiger partial charge on any atom is -0.478 e. The Kier molecular flexibility index (Phi) is 2.95. The summed E-state index contributed by atoms with van der Waals surface area (Å²) in [7, 11) is 0. The number of carboxylic acid groups (broad SMARTS) is 1. The van der Waals surface area contributed by atoms with Crippen molar-refractivity contribution in [3.05, 3.63) is 48.2 Å². The smallest absolute Gasteiger partial charge is 0.338 e. The molecular weight excluding hydrogens is 225 g/mol. The zero-order valence-electron chi connectivity index (χ0n) is 8.59. The van der Waals surface area contributed by atoms with Crippen LogP contribution in [0.5, 0.6) is 0 Å². The van der Waals surface area contributed by atoms with Crippen molar-refractivity contribution in [3.63, 3.8) is 0 Å². The molecule has 2 N–H and O–H groups in total. The Balaban J connectivity index is 2.34. The summed E-state index contributed by atoms with van der Waals surface area (Å²) in [6.07, 6.45) is 4.28. The number of halogens is 1. The summed E-state index contributed by atoms with van der Waals surface area (Å²) >= 11 is 0. The van der Waals surface area contributed by atoms with Gasteiger partial charge in [-0.05, 0) is 18.2 Å². The molecule has 0 saturated carbocycles. The number of nitrogens with zero attached hydrogens (tertiary/aromatic N) is 2. The second-order valence-corrected chi connectivity index (χ2v) is 3.19. The fourth-order valence-electron chi connectivity index (χ4n) is 1.27. The Morgan fingerprint density at radius 2 is 2.18 bits per heavy atom. The highest BCUT2D eigenvalue weighted by molar-refractivity contribution is 5.89. The van der Waals surface area contributed by atoms with Crippen molar-refractivity contribution in [2.24, 2.45) is 0 Å². The van der Waals surface area contributed by atoms with Gasteiger partial charge in [0.2, 0.25) is 0 Å². The van der Waals surface area contributed by atoms with E-state index in [1.54, 1.807) is 18.3 Å². The number of anilines is 2. The van der Waals surface area contributed by atoms with Crippen molar-refractivity contribution in [1.82, 2.24) is 9.97 Å². The van der Waals surface area contributed by atoms with E-state index in [-0.39, 0.29) is 5.82 Å². The molecule has 0 saturated heterocycles. The molecule has 0 aromatic carbocycles. The fourth-order valence-corrected chi connectivity index (χ4v) is 1.27. The Bertz CT molecular complexity index is 546. The van der Waals surface area contributed by atoms with Crippen molar-refractivity contribution in [2.45, 2.75) is 0 Å². The van der Waals surface area contributed by atoms with Crippen LogP contribution in [-0.2, 0) is 0 Å². The largest absolute Gasteiger partial charge is 0.478 e. The molecule has 6 heteroatoms. The van der Waals surface area contributed by atoms with Gasteiger partial charge in [0.25, 0.3) is 0 Å². The van der Waals surface area contributed by atoms with E-state index in [1.165, 1.54) is 12.4 Å². The molecule has 0 aliphatic heterocycles. The molecule has 0 aliphatic rings. The first kappa shape index (κ1) is 11.0. The van der Waals surface area contributed by atoms with E-state index in [1.807, 2.05) is 0 Å². The fraction of sp³-hybridized carbons (Fsp3) is 0. The molecule has 0 bridgehead atoms. The second kappa shape index (κ2) is 4.56. The number of nitrogens with one attached hydrogen (secondary N) is 1. The lowest BCUT2D eigenvalue weighted by Crippen LogP contribution is -2.05. The van der Waals surface area contributed by atoms with Crippen molar-refractivity contribution in [1.29, 1.82) is 0 Å². The normalized spacial score (nSPS) is 9.94. The molecule has 0 spiro atoms. The first-order chi connectivity index (χ1) is 8.18. The maximum Gasteiger partial charge on any atom is 0.338 e. The van der Waals surface area contributed by atoms with Gasteiger partial charge in [-0.15, -0.1) is 0 Å². The number of hydrogen-bond acceptors (Lipinski definition) is 4. The molecule has 0 unspecified atom stereocenters. The third-order valence-electron chi connectivity index (χ3n) is 2.04. The SMILES string of the molecule is O=C(O)c1ccnc(Nc2cccnc2)c1F. The Morgan fingerprint density at radius 3 is 2.82 bits per heavy atom. The Hall–Kier alpha value is -2.50. The van der Waals surface area contributed by atoms with E-state index in [4.69, 9.17) is 5.11 Å². The summed E-state index contributed by atoms with van der Waals surface area (Å²) in [5, 5.41) is 11.4. The highest BCUT2D eigenvalue weighted by Crippen LogP contribution is 2.19. The molecule has 2 aromatic heterocycles. The zero-order chi connectivity index (χ0) is 12.3. The van der Waals surface area contributed by atoms with E-state index in [2.05, 4.69) is 15.3 Å². The van der Waals surface area contributed by atoms with Crippen LogP contribution in [0.2, 0.25) is 0 Å². The van der Waals surface area contributed by atoms with Gasteiger partial charge in [0.15, 0.2) is 11.6 Å². The second-order valence-electron chi connectivity index (χ2n) is 3.19. The molecule has 5 nitrogen and oxygen atoms in total. The number of aromatic carboxylic acids is 1. The number of pyridine rings is 2. The van der Waals surface area contributed by atoms with Gasteiger partial charge in [0.1, 0.15) is 5.56 Å².